The van der Waals surface area contributed by atoms with Crippen molar-refractivity contribution in [1.82, 2.24) is 4.72 Å². The highest BCUT2D eigenvalue weighted by molar-refractivity contribution is 7.89. The fourth-order valence-electron chi connectivity index (χ4n) is 3.93. The van der Waals surface area contributed by atoms with Crippen molar-refractivity contribution in [2.75, 3.05) is 6.61 Å². The van der Waals surface area contributed by atoms with Gasteiger partial charge in [-0.3, -0.25) is 4.99 Å². The van der Waals surface area contributed by atoms with Crippen LogP contribution in [0.15, 0.2) is 52.4 Å². The summed E-state index contributed by atoms with van der Waals surface area (Å²) in [4.78, 5) is 3.99. The first-order valence-corrected chi connectivity index (χ1v) is 12.2. The Bertz CT molecular complexity index is 1240. The van der Waals surface area contributed by atoms with E-state index in [-0.39, 0.29) is 22.9 Å². The molecule has 2 aromatic rings. The lowest BCUT2D eigenvalue weighted by molar-refractivity contribution is -0.214. The van der Waals surface area contributed by atoms with E-state index in [1.807, 2.05) is 0 Å². The van der Waals surface area contributed by atoms with E-state index in [1.54, 1.807) is 26.8 Å². The molecular formula is C24H30F3N3O3S. The van der Waals surface area contributed by atoms with Crippen LogP contribution in [0.1, 0.15) is 47.1 Å². The number of sulfonamides is 1. The van der Waals surface area contributed by atoms with Gasteiger partial charge in [-0.05, 0) is 76.9 Å². The van der Waals surface area contributed by atoms with Crippen molar-refractivity contribution >= 4 is 15.9 Å². The first-order chi connectivity index (χ1) is 15.4. The molecule has 0 bridgehead atoms. The maximum Gasteiger partial charge on any atom is 0.304 e. The lowest BCUT2D eigenvalue weighted by Gasteiger charge is -2.42. The van der Waals surface area contributed by atoms with Crippen LogP contribution in [0.3, 0.4) is 0 Å². The van der Waals surface area contributed by atoms with E-state index in [2.05, 4.69) is 9.71 Å². The Labute approximate surface area is 198 Å². The summed E-state index contributed by atoms with van der Waals surface area (Å²) in [5.74, 6) is -4.71. The number of nitrogens with zero attached hydrogens (tertiary/aromatic N) is 1. The van der Waals surface area contributed by atoms with E-state index in [0.717, 1.165) is 13.0 Å². The second kappa shape index (κ2) is 8.35. The summed E-state index contributed by atoms with van der Waals surface area (Å²) in [6.07, 6.45) is 0. The summed E-state index contributed by atoms with van der Waals surface area (Å²) < 4.78 is 79.8. The molecule has 0 amide bonds. The summed E-state index contributed by atoms with van der Waals surface area (Å²) >= 11 is 0. The zero-order valence-electron chi connectivity index (χ0n) is 20.0. The van der Waals surface area contributed by atoms with Gasteiger partial charge in [0.05, 0.1) is 4.90 Å². The minimum absolute atomic E-state index is 0.00592. The Balaban J connectivity index is 2.17. The average molecular weight is 498 g/mol. The zero-order chi connectivity index (χ0) is 25.7. The van der Waals surface area contributed by atoms with Crippen LogP contribution >= 0.6 is 0 Å². The lowest BCUT2D eigenvalue weighted by atomic mass is 9.77. The fourth-order valence-corrected chi connectivity index (χ4v) is 5.40. The van der Waals surface area contributed by atoms with Crippen LogP contribution < -0.4 is 10.5 Å². The number of hydrogen-bond donors (Lipinski definition) is 2. The van der Waals surface area contributed by atoms with Crippen LogP contribution in [0.5, 0.6) is 0 Å². The Kier molecular flexibility index (Phi) is 6.43. The number of hydrogen-bond acceptors (Lipinski definition) is 5. The molecule has 0 fully saturated rings. The Morgan fingerprint density at radius 1 is 1.06 bits per heavy atom. The zero-order valence-corrected chi connectivity index (χ0v) is 20.9. The second-order valence-electron chi connectivity index (χ2n) is 10.1. The predicted octanol–water partition coefficient (Wildman–Crippen LogP) is 4.59. The Morgan fingerprint density at radius 2 is 1.68 bits per heavy atom. The number of aliphatic imine (C=N–C) groups is 1. The van der Waals surface area contributed by atoms with E-state index in [9.17, 15) is 8.42 Å². The second-order valence-corrected chi connectivity index (χ2v) is 11.8. The monoisotopic (exact) mass is 497 g/mol. The van der Waals surface area contributed by atoms with Crippen LogP contribution in [-0.4, -0.2) is 37.9 Å². The molecule has 0 saturated carbocycles. The van der Waals surface area contributed by atoms with Gasteiger partial charge in [-0.15, -0.1) is 0 Å². The number of nitrogens with one attached hydrogen (secondary N) is 1. The van der Waals surface area contributed by atoms with Gasteiger partial charge in [0.2, 0.25) is 10.0 Å². The van der Waals surface area contributed by atoms with Gasteiger partial charge in [0, 0.05) is 11.1 Å². The predicted molar refractivity (Wildman–Crippen MR) is 126 cm³/mol. The fraction of sp³-hybridized carbons (Fsp3) is 0.458. The van der Waals surface area contributed by atoms with Gasteiger partial charge in [-0.25, -0.2) is 26.3 Å². The third-order valence-corrected chi connectivity index (χ3v) is 7.48. The van der Waals surface area contributed by atoms with Gasteiger partial charge in [0.1, 0.15) is 23.9 Å². The molecule has 1 aliphatic heterocycles. The third-order valence-electron chi connectivity index (χ3n) is 5.72. The van der Waals surface area contributed by atoms with Crippen molar-refractivity contribution in [3.05, 3.63) is 53.8 Å². The van der Waals surface area contributed by atoms with Gasteiger partial charge in [-0.2, -0.15) is 0 Å². The van der Waals surface area contributed by atoms with E-state index in [4.69, 9.17) is 10.5 Å². The van der Waals surface area contributed by atoms with Crippen LogP contribution in [0.2, 0.25) is 0 Å². The number of benzene rings is 2. The number of nitrogens with two attached hydrogens (primary N) is 1. The molecule has 3 rings (SSSR count). The highest BCUT2D eigenvalue weighted by Crippen LogP contribution is 2.51. The normalized spacial score (nSPS) is 22.7. The topological polar surface area (TPSA) is 93.8 Å². The van der Waals surface area contributed by atoms with Crippen molar-refractivity contribution in [2.24, 2.45) is 10.7 Å². The van der Waals surface area contributed by atoms with Crippen molar-refractivity contribution < 1.29 is 26.3 Å². The number of rotatable bonds is 4. The molecule has 2 aromatic carbocycles. The van der Waals surface area contributed by atoms with E-state index in [1.165, 1.54) is 44.2 Å². The van der Waals surface area contributed by atoms with Crippen LogP contribution in [0, 0.1) is 5.82 Å². The SMILES string of the molecule is CC(C)(C)NS(=O)(=O)c1cccc(-c2ccc(F)c([C@@]3(C)N=C(N)COC(C)(C)C3(F)F)c2)c1. The van der Waals surface area contributed by atoms with Gasteiger partial charge in [0.25, 0.3) is 0 Å². The minimum atomic E-state index is -3.84. The molecule has 6 nitrogen and oxygen atoms in total. The molecule has 34 heavy (non-hydrogen) atoms. The molecule has 0 unspecified atom stereocenters. The average Bonchev–Trinajstić information content (AvgIpc) is 2.76. The van der Waals surface area contributed by atoms with Crippen molar-refractivity contribution in [2.45, 2.75) is 69.0 Å². The number of alkyl halides is 2. The quantitative estimate of drug-likeness (QED) is 0.646. The van der Waals surface area contributed by atoms with Crippen LogP contribution in [-0.2, 0) is 20.3 Å². The number of ether oxygens (including phenoxy) is 1. The largest absolute Gasteiger partial charge is 0.385 e. The Morgan fingerprint density at radius 3 is 2.29 bits per heavy atom. The first kappa shape index (κ1) is 26.2. The molecule has 0 saturated heterocycles. The van der Waals surface area contributed by atoms with Gasteiger partial charge >= 0.3 is 5.92 Å². The van der Waals surface area contributed by atoms with E-state index in [0.29, 0.717) is 11.1 Å². The summed E-state index contributed by atoms with van der Waals surface area (Å²) in [5, 5.41) is 0. The highest BCUT2D eigenvalue weighted by Gasteiger charge is 2.63. The minimum Gasteiger partial charge on any atom is -0.385 e. The van der Waals surface area contributed by atoms with Crippen molar-refractivity contribution in [3.63, 3.8) is 0 Å². The molecule has 1 heterocycles. The Hall–Kier alpha value is -2.43. The molecule has 10 heteroatoms. The molecule has 3 N–H and O–H groups in total. The summed E-state index contributed by atoms with van der Waals surface area (Å²) in [6, 6.07) is 9.69. The summed E-state index contributed by atoms with van der Waals surface area (Å²) in [6.45, 7) is 8.35. The maximum absolute atomic E-state index is 15.7. The molecule has 1 atom stereocenters. The van der Waals surface area contributed by atoms with E-state index < -0.39 is 38.4 Å². The molecule has 0 aliphatic carbocycles. The maximum atomic E-state index is 15.7. The molecule has 0 radical (unpaired) electrons. The lowest BCUT2D eigenvalue weighted by Crippen LogP contribution is -2.56. The van der Waals surface area contributed by atoms with E-state index >= 15 is 13.2 Å². The van der Waals surface area contributed by atoms with Crippen molar-refractivity contribution in [3.8, 4) is 11.1 Å². The summed E-state index contributed by atoms with van der Waals surface area (Å²) in [7, 11) is -3.84. The number of amidine groups is 1. The van der Waals surface area contributed by atoms with Crippen LogP contribution in [0.25, 0.3) is 11.1 Å². The smallest absolute Gasteiger partial charge is 0.304 e. The van der Waals surface area contributed by atoms with Gasteiger partial charge in [-0.1, -0.05) is 18.2 Å². The molecule has 0 spiro atoms. The van der Waals surface area contributed by atoms with Crippen molar-refractivity contribution in [1.29, 1.82) is 0 Å². The van der Waals surface area contributed by atoms with Crippen LogP contribution in [0.4, 0.5) is 13.2 Å². The molecule has 186 valence electrons. The van der Waals surface area contributed by atoms with Gasteiger partial charge in [0.15, 0.2) is 5.54 Å². The standard InChI is InChI=1S/C24H30F3N3O3S/c1-21(2,3)30-34(31,32)17-9-7-8-15(12-17)16-10-11-19(25)18(13-16)23(6)24(26,27)22(4,5)33-14-20(28)29-23/h7-13,30H,14H2,1-6H3,(H2,28,29)/t23-/m1/s1. The molecular weight excluding hydrogens is 467 g/mol. The third kappa shape index (κ3) is 4.71. The van der Waals surface area contributed by atoms with Gasteiger partial charge < -0.3 is 10.5 Å². The molecule has 0 aromatic heterocycles. The highest BCUT2D eigenvalue weighted by atomic mass is 32.2. The number of halogens is 3. The summed E-state index contributed by atoms with van der Waals surface area (Å²) in [5.41, 5.74) is 1.12. The molecule has 1 aliphatic rings. The first-order valence-electron chi connectivity index (χ1n) is 10.7.